The summed E-state index contributed by atoms with van der Waals surface area (Å²) < 4.78 is 4.43. The van der Waals surface area contributed by atoms with E-state index >= 15 is 0 Å². The second-order valence-corrected chi connectivity index (χ2v) is 5.39. The molecule has 4 rings (SSSR count). The molecule has 84 valence electrons. The van der Waals surface area contributed by atoms with Crippen LogP contribution in [0.3, 0.4) is 0 Å². The lowest BCUT2D eigenvalue weighted by Gasteiger charge is -2.25. The molecular formula is C13H17N3. The SMILES string of the molecule is c1c(C2CC2)nn2ccn(CC3CCC3)c12. The van der Waals surface area contributed by atoms with Gasteiger partial charge in [-0.3, -0.25) is 0 Å². The van der Waals surface area contributed by atoms with E-state index in [1.807, 2.05) is 4.52 Å². The van der Waals surface area contributed by atoms with Crippen LogP contribution in [0.25, 0.3) is 5.65 Å². The van der Waals surface area contributed by atoms with Crippen LogP contribution in [0.2, 0.25) is 0 Å². The van der Waals surface area contributed by atoms with E-state index in [1.54, 1.807) is 0 Å². The van der Waals surface area contributed by atoms with E-state index in [0.29, 0.717) is 0 Å². The van der Waals surface area contributed by atoms with E-state index in [0.717, 1.165) is 11.8 Å². The average molecular weight is 215 g/mol. The quantitative estimate of drug-likeness (QED) is 0.771. The molecule has 0 spiro atoms. The summed E-state index contributed by atoms with van der Waals surface area (Å²) in [5, 5.41) is 4.64. The van der Waals surface area contributed by atoms with Gasteiger partial charge in [0.25, 0.3) is 0 Å². The van der Waals surface area contributed by atoms with Crippen LogP contribution in [0.4, 0.5) is 0 Å². The van der Waals surface area contributed by atoms with Gasteiger partial charge in [-0.25, -0.2) is 4.52 Å². The standard InChI is InChI=1S/C13H17N3/c1-2-10(3-1)9-15-6-7-16-13(15)8-12(14-16)11-4-5-11/h6-8,10-11H,1-5,9H2. The number of hydrogen-bond donors (Lipinski definition) is 0. The lowest BCUT2D eigenvalue weighted by Crippen LogP contribution is -2.17. The molecule has 2 saturated carbocycles. The maximum Gasteiger partial charge on any atom is 0.136 e. The van der Waals surface area contributed by atoms with Crippen molar-refractivity contribution >= 4 is 5.65 Å². The number of nitrogens with zero attached hydrogens (tertiary/aromatic N) is 3. The van der Waals surface area contributed by atoms with Gasteiger partial charge in [-0.2, -0.15) is 5.10 Å². The summed E-state index contributed by atoms with van der Waals surface area (Å²) >= 11 is 0. The zero-order chi connectivity index (χ0) is 10.5. The monoisotopic (exact) mass is 215 g/mol. The maximum atomic E-state index is 4.64. The minimum absolute atomic E-state index is 0.761. The van der Waals surface area contributed by atoms with Crippen molar-refractivity contribution in [1.82, 2.24) is 14.2 Å². The summed E-state index contributed by atoms with van der Waals surface area (Å²) in [5.74, 6) is 1.67. The predicted octanol–water partition coefficient (Wildman–Crippen LogP) is 2.81. The molecule has 2 aliphatic carbocycles. The molecule has 2 heterocycles. The first-order valence-corrected chi connectivity index (χ1v) is 6.44. The highest BCUT2D eigenvalue weighted by atomic mass is 15.3. The number of hydrogen-bond acceptors (Lipinski definition) is 1. The lowest BCUT2D eigenvalue weighted by atomic mass is 9.85. The van der Waals surface area contributed by atoms with Crippen LogP contribution in [0, 0.1) is 5.92 Å². The Morgan fingerprint density at radius 3 is 2.75 bits per heavy atom. The molecule has 0 radical (unpaired) electrons. The van der Waals surface area contributed by atoms with E-state index in [4.69, 9.17) is 0 Å². The van der Waals surface area contributed by atoms with Crippen molar-refractivity contribution in [3.05, 3.63) is 24.2 Å². The Morgan fingerprint density at radius 2 is 2.06 bits per heavy atom. The van der Waals surface area contributed by atoms with E-state index in [-0.39, 0.29) is 0 Å². The molecule has 0 aliphatic heterocycles. The van der Waals surface area contributed by atoms with E-state index < -0.39 is 0 Å². The van der Waals surface area contributed by atoms with Crippen LogP contribution in [0.15, 0.2) is 18.5 Å². The normalized spacial score (nSPS) is 21.5. The molecule has 0 amide bonds. The molecule has 0 atom stereocenters. The van der Waals surface area contributed by atoms with Crippen LogP contribution in [0.5, 0.6) is 0 Å². The van der Waals surface area contributed by atoms with Gasteiger partial charge in [0, 0.05) is 30.9 Å². The highest BCUT2D eigenvalue weighted by Crippen LogP contribution is 2.39. The first-order chi connectivity index (χ1) is 7.90. The lowest BCUT2D eigenvalue weighted by molar-refractivity contribution is 0.279. The van der Waals surface area contributed by atoms with E-state index in [2.05, 4.69) is 28.1 Å². The van der Waals surface area contributed by atoms with E-state index in [9.17, 15) is 0 Å². The van der Waals surface area contributed by atoms with Gasteiger partial charge in [-0.15, -0.1) is 0 Å². The van der Waals surface area contributed by atoms with Crippen molar-refractivity contribution < 1.29 is 0 Å². The third-order valence-electron chi connectivity index (χ3n) is 4.09. The zero-order valence-electron chi connectivity index (χ0n) is 9.47. The van der Waals surface area contributed by atoms with Gasteiger partial charge in [0.1, 0.15) is 5.65 Å². The number of rotatable bonds is 3. The topological polar surface area (TPSA) is 22.2 Å². The van der Waals surface area contributed by atoms with Crippen LogP contribution in [-0.4, -0.2) is 14.2 Å². The first kappa shape index (κ1) is 8.85. The number of imidazole rings is 1. The van der Waals surface area contributed by atoms with Gasteiger partial charge >= 0.3 is 0 Å². The van der Waals surface area contributed by atoms with Gasteiger partial charge in [-0.05, 0) is 31.6 Å². The second kappa shape index (κ2) is 3.12. The molecule has 16 heavy (non-hydrogen) atoms. The molecule has 2 fully saturated rings. The van der Waals surface area contributed by atoms with Crippen LogP contribution >= 0.6 is 0 Å². The zero-order valence-corrected chi connectivity index (χ0v) is 9.47. The predicted molar refractivity (Wildman–Crippen MR) is 62.5 cm³/mol. The van der Waals surface area contributed by atoms with Crippen molar-refractivity contribution in [2.24, 2.45) is 5.92 Å². The third kappa shape index (κ3) is 1.30. The van der Waals surface area contributed by atoms with Crippen molar-refractivity contribution in [3.8, 4) is 0 Å². The molecule has 0 bridgehead atoms. The fourth-order valence-electron chi connectivity index (χ4n) is 2.63. The molecule has 2 aliphatic rings. The molecule has 0 saturated heterocycles. The Bertz CT molecular complexity index is 514. The summed E-state index contributed by atoms with van der Waals surface area (Å²) in [7, 11) is 0. The van der Waals surface area contributed by atoms with Gasteiger partial charge in [-0.1, -0.05) is 6.42 Å². The van der Waals surface area contributed by atoms with Crippen molar-refractivity contribution in [2.45, 2.75) is 44.6 Å². The molecule has 0 aromatic carbocycles. The second-order valence-electron chi connectivity index (χ2n) is 5.39. The van der Waals surface area contributed by atoms with E-state index in [1.165, 1.54) is 50.0 Å². The fraction of sp³-hybridized carbons (Fsp3) is 0.615. The van der Waals surface area contributed by atoms with Gasteiger partial charge < -0.3 is 4.57 Å². The smallest absolute Gasteiger partial charge is 0.136 e. The Balaban J connectivity index is 1.68. The summed E-state index contributed by atoms with van der Waals surface area (Å²) in [6.45, 7) is 1.19. The van der Waals surface area contributed by atoms with Crippen molar-refractivity contribution in [1.29, 1.82) is 0 Å². The minimum Gasteiger partial charge on any atom is -0.331 e. The van der Waals surface area contributed by atoms with Crippen LogP contribution in [0.1, 0.15) is 43.7 Å². The highest BCUT2D eigenvalue weighted by molar-refractivity contribution is 5.42. The Morgan fingerprint density at radius 1 is 1.19 bits per heavy atom. The Labute approximate surface area is 95.1 Å². The fourth-order valence-corrected chi connectivity index (χ4v) is 2.63. The molecule has 0 unspecified atom stereocenters. The molecular weight excluding hydrogens is 198 g/mol. The van der Waals surface area contributed by atoms with Crippen molar-refractivity contribution in [2.75, 3.05) is 0 Å². The summed E-state index contributed by atoms with van der Waals surface area (Å²) in [6, 6.07) is 2.29. The highest BCUT2D eigenvalue weighted by Gasteiger charge is 2.27. The Hall–Kier alpha value is -1.25. The third-order valence-corrected chi connectivity index (χ3v) is 4.09. The average Bonchev–Trinajstić information content (AvgIpc) is 2.87. The Kier molecular flexibility index (Phi) is 1.73. The van der Waals surface area contributed by atoms with Crippen molar-refractivity contribution in [3.63, 3.8) is 0 Å². The maximum absolute atomic E-state index is 4.64. The number of aromatic nitrogens is 3. The minimum atomic E-state index is 0.761. The largest absolute Gasteiger partial charge is 0.331 e. The van der Waals surface area contributed by atoms with Gasteiger partial charge in [0.15, 0.2) is 0 Å². The summed E-state index contributed by atoms with van der Waals surface area (Å²) in [4.78, 5) is 0. The molecule has 3 nitrogen and oxygen atoms in total. The summed E-state index contributed by atoms with van der Waals surface area (Å²) in [6.07, 6.45) is 11.2. The molecule has 2 aromatic heterocycles. The first-order valence-electron chi connectivity index (χ1n) is 6.44. The van der Waals surface area contributed by atoms with Gasteiger partial charge in [0.05, 0.1) is 5.69 Å². The molecule has 3 heteroatoms. The molecule has 0 N–H and O–H groups in total. The number of fused-ring (bicyclic) bond motifs is 1. The summed E-state index contributed by atoms with van der Waals surface area (Å²) in [5.41, 5.74) is 2.59. The molecule has 2 aromatic rings. The van der Waals surface area contributed by atoms with Crippen LogP contribution in [-0.2, 0) is 6.54 Å². The van der Waals surface area contributed by atoms with Gasteiger partial charge in [0.2, 0.25) is 0 Å². The van der Waals surface area contributed by atoms with Crippen LogP contribution < -0.4 is 0 Å².